The highest BCUT2D eigenvalue weighted by Crippen LogP contribution is 2.15. The predicted octanol–water partition coefficient (Wildman–Crippen LogP) is 3.67. The maximum absolute atomic E-state index is 12.2. The van der Waals surface area contributed by atoms with Gasteiger partial charge in [-0.25, -0.2) is 4.79 Å². The molecule has 0 radical (unpaired) electrons. The third-order valence-corrected chi connectivity index (χ3v) is 3.73. The van der Waals surface area contributed by atoms with Crippen molar-refractivity contribution in [2.45, 2.75) is 39.6 Å². The average molecular weight is 366 g/mol. The molecule has 0 bridgehead atoms. The molecule has 27 heavy (non-hydrogen) atoms. The van der Waals surface area contributed by atoms with Crippen LogP contribution in [0.25, 0.3) is 0 Å². The van der Waals surface area contributed by atoms with E-state index in [-0.39, 0.29) is 6.10 Å². The highest BCUT2D eigenvalue weighted by Gasteiger charge is 2.20. The molecular weight excluding hydrogens is 344 g/mol. The lowest BCUT2D eigenvalue weighted by Gasteiger charge is -2.14. The first-order chi connectivity index (χ1) is 12.9. The summed E-state index contributed by atoms with van der Waals surface area (Å²) in [6.07, 6.45) is -0.881. The van der Waals surface area contributed by atoms with Gasteiger partial charge < -0.3 is 14.8 Å². The first-order valence-electron chi connectivity index (χ1n) is 8.62. The third kappa shape index (κ3) is 5.94. The molecule has 2 aromatic carbocycles. The Morgan fingerprint density at radius 2 is 1.74 bits per heavy atom. The van der Waals surface area contributed by atoms with Crippen LogP contribution in [0.3, 0.4) is 0 Å². The van der Waals surface area contributed by atoms with Gasteiger partial charge in [-0.1, -0.05) is 24.3 Å². The van der Waals surface area contributed by atoms with E-state index in [9.17, 15) is 9.59 Å². The maximum atomic E-state index is 12.2. The van der Waals surface area contributed by atoms with Crippen molar-refractivity contribution in [2.75, 3.05) is 5.32 Å². The van der Waals surface area contributed by atoms with Crippen LogP contribution in [0.2, 0.25) is 0 Å². The molecule has 0 heterocycles. The van der Waals surface area contributed by atoms with Crippen molar-refractivity contribution in [3.8, 4) is 6.07 Å². The molecule has 140 valence electrons. The highest BCUT2D eigenvalue weighted by molar-refractivity contribution is 5.98. The first kappa shape index (κ1) is 20.1. The predicted molar refractivity (Wildman–Crippen MR) is 101 cm³/mol. The summed E-state index contributed by atoms with van der Waals surface area (Å²) < 4.78 is 10.7. The molecule has 1 atom stereocenters. The highest BCUT2D eigenvalue weighted by atomic mass is 16.5. The van der Waals surface area contributed by atoms with Gasteiger partial charge in [0, 0.05) is 0 Å². The van der Waals surface area contributed by atoms with Crippen LogP contribution in [0.4, 0.5) is 5.69 Å². The first-order valence-corrected chi connectivity index (χ1v) is 8.62. The molecule has 2 rings (SSSR count). The van der Waals surface area contributed by atoms with E-state index in [1.54, 1.807) is 48.5 Å². The summed E-state index contributed by atoms with van der Waals surface area (Å²) in [5.74, 6) is -1.10. The molecule has 1 amide bonds. The number of nitriles is 1. The Balaban J connectivity index is 1.94. The van der Waals surface area contributed by atoms with E-state index in [1.165, 1.54) is 6.92 Å². The number of nitrogens with one attached hydrogen (secondary N) is 1. The standard InChI is InChI=1S/C21H22N2O4/c1-14(2)26-13-16-8-10-17(11-9-16)21(25)27-15(3)20(24)23-19-7-5-4-6-18(19)12-22/h4-11,14-15H,13H2,1-3H3,(H,23,24)/t15-/m0/s1. The second kappa shape index (κ2) is 9.51. The van der Waals surface area contributed by atoms with Crippen molar-refractivity contribution >= 4 is 17.6 Å². The van der Waals surface area contributed by atoms with Crippen LogP contribution in [0.1, 0.15) is 42.3 Å². The number of para-hydroxylation sites is 1. The molecule has 6 nitrogen and oxygen atoms in total. The van der Waals surface area contributed by atoms with Gasteiger partial charge in [-0.2, -0.15) is 5.26 Å². The largest absolute Gasteiger partial charge is 0.449 e. The number of hydrogen-bond acceptors (Lipinski definition) is 5. The van der Waals surface area contributed by atoms with Gasteiger partial charge in [0.1, 0.15) is 6.07 Å². The van der Waals surface area contributed by atoms with Gasteiger partial charge in [-0.05, 0) is 50.6 Å². The SMILES string of the molecule is CC(C)OCc1ccc(C(=O)O[C@@H](C)C(=O)Nc2ccccc2C#N)cc1. The molecular formula is C21H22N2O4. The average Bonchev–Trinajstić information content (AvgIpc) is 2.67. The van der Waals surface area contributed by atoms with E-state index in [4.69, 9.17) is 14.7 Å². The lowest BCUT2D eigenvalue weighted by Crippen LogP contribution is -2.30. The van der Waals surface area contributed by atoms with Gasteiger partial charge in [0.25, 0.3) is 5.91 Å². The zero-order valence-electron chi connectivity index (χ0n) is 15.6. The number of hydrogen-bond donors (Lipinski definition) is 1. The molecule has 0 aromatic heterocycles. The lowest BCUT2D eigenvalue weighted by molar-refractivity contribution is -0.123. The van der Waals surface area contributed by atoms with Gasteiger partial charge in [0.15, 0.2) is 6.10 Å². The zero-order chi connectivity index (χ0) is 19.8. The second-order valence-corrected chi connectivity index (χ2v) is 6.25. The molecule has 2 aromatic rings. The quantitative estimate of drug-likeness (QED) is 0.755. The number of anilines is 1. The number of esters is 1. The second-order valence-electron chi connectivity index (χ2n) is 6.25. The zero-order valence-corrected chi connectivity index (χ0v) is 15.6. The van der Waals surface area contributed by atoms with E-state index in [0.717, 1.165) is 5.56 Å². The smallest absolute Gasteiger partial charge is 0.338 e. The van der Waals surface area contributed by atoms with Gasteiger partial charge in [0.05, 0.1) is 29.5 Å². The van der Waals surface area contributed by atoms with Crippen LogP contribution < -0.4 is 5.32 Å². The van der Waals surface area contributed by atoms with E-state index >= 15 is 0 Å². The summed E-state index contributed by atoms with van der Waals surface area (Å²) in [6.45, 7) is 5.84. The summed E-state index contributed by atoms with van der Waals surface area (Å²) in [5, 5.41) is 11.7. The van der Waals surface area contributed by atoms with Crippen LogP contribution >= 0.6 is 0 Å². The van der Waals surface area contributed by atoms with Crippen molar-refractivity contribution in [3.05, 3.63) is 65.2 Å². The number of amides is 1. The molecule has 0 unspecified atom stereocenters. The normalized spacial score (nSPS) is 11.5. The number of benzene rings is 2. The van der Waals surface area contributed by atoms with E-state index in [2.05, 4.69) is 5.32 Å². The van der Waals surface area contributed by atoms with Crippen molar-refractivity contribution in [2.24, 2.45) is 0 Å². The fourth-order valence-corrected chi connectivity index (χ4v) is 2.21. The molecule has 0 saturated carbocycles. The Hall–Kier alpha value is -3.17. The fourth-order valence-electron chi connectivity index (χ4n) is 2.21. The minimum Gasteiger partial charge on any atom is -0.449 e. The topological polar surface area (TPSA) is 88.4 Å². The Morgan fingerprint density at radius 1 is 1.07 bits per heavy atom. The van der Waals surface area contributed by atoms with E-state index < -0.39 is 18.0 Å². The molecule has 0 aliphatic carbocycles. The maximum Gasteiger partial charge on any atom is 0.338 e. The van der Waals surface area contributed by atoms with Crippen molar-refractivity contribution in [1.29, 1.82) is 5.26 Å². The fraction of sp³-hybridized carbons (Fsp3) is 0.286. The van der Waals surface area contributed by atoms with Gasteiger partial charge in [-0.15, -0.1) is 0 Å². The molecule has 0 saturated heterocycles. The van der Waals surface area contributed by atoms with Crippen LogP contribution in [0, 0.1) is 11.3 Å². The number of ether oxygens (including phenoxy) is 2. The summed E-state index contributed by atoms with van der Waals surface area (Å²) in [6, 6.07) is 15.5. The number of carbonyl (C=O) groups excluding carboxylic acids is 2. The summed E-state index contributed by atoms with van der Waals surface area (Å²) in [5.41, 5.74) is 2.01. The lowest BCUT2D eigenvalue weighted by atomic mass is 10.1. The summed E-state index contributed by atoms with van der Waals surface area (Å²) >= 11 is 0. The summed E-state index contributed by atoms with van der Waals surface area (Å²) in [7, 11) is 0. The van der Waals surface area contributed by atoms with Gasteiger partial charge in [-0.3, -0.25) is 4.79 Å². The molecule has 1 N–H and O–H groups in total. The number of carbonyl (C=O) groups is 2. The molecule has 0 aliphatic rings. The van der Waals surface area contributed by atoms with Gasteiger partial charge >= 0.3 is 5.97 Å². The number of rotatable bonds is 7. The van der Waals surface area contributed by atoms with Crippen molar-refractivity contribution in [1.82, 2.24) is 0 Å². The number of nitrogens with zero attached hydrogens (tertiary/aromatic N) is 1. The van der Waals surface area contributed by atoms with Crippen LogP contribution in [0.15, 0.2) is 48.5 Å². The minimum absolute atomic E-state index is 0.125. The molecule has 0 fully saturated rings. The van der Waals surface area contributed by atoms with E-state index in [1.807, 2.05) is 19.9 Å². The Kier molecular flexibility index (Phi) is 7.09. The minimum atomic E-state index is -1.01. The van der Waals surface area contributed by atoms with Crippen molar-refractivity contribution in [3.63, 3.8) is 0 Å². The molecule has 0 spiro atoms. The van der Waals surface area contributed by atoms with Crippen molar-refractivity contribution < 1.29 is 19.1 Å². The Labute approximate surface area is 158 Å². The Morgan fingerprint density at radius 3 is 2.37 bits per heavy atom. The van der Waals surface area contributed by atoms with Crippen LogP contribution in [-0.4, -0.2) is 24.1 Å². The van der Waals surface area contributed by atoms with E-state index in [0.29, 0.717) is 23.4 Å². The Bertz CT molecular complexity index is 838. The van der Waals surface area contributed by atoms with Crippen LogP contribution in [0.5, 0.6) is 0 Å². The summed E-state index contributed by atoms with van der Waals surface area (Å²) in [4.78, 5) is 24.5. The third-order valence-electron chi connectivity index (χ3n) is 3.73. The van der Waals surface area contributed by atoms with Crippen LogP contribution in [-0.2, 0) is 20.9 Å². The van der Waals surface area contributed by atoms with Gasteiger partial charge in [0.2, 0.25) is 0 Å². The molecule has 0 aliphatic heterocycles. The molecule has 6 heteroatoms. The monoisotopic (exact) mass is 366 g/mol.